The number of hydrogen-bond donors (Lipinski definition) is 1. The van der Waals surface area contributed by atoms with E-state index in [0.717, 1.165) is 16.8 Å². The molecule has 3 unspecified atom stereocenters. The van der Waals surface area contributed by atoms with Gasteiger partial charge in [0.25, 0.3) is 0 Å². The predicted molar refractivity (Wildman–Crippen MR) is 89.7 cm³/mol. The standard InChI is InChI=1S/C17H27BrN2/c1-3-6-13-9-10-20(12-13)17(16(19)4-2)14-7-5-8-15(18)11-14/h5,7-8,11,13,16-17H,3-4,6,9-10,12,19H2,1-2H3. The maximum atomic E-state index is 6.44. The average molecular weight is 339 g/mol. The molecule has 2 rings (SSSR count). The van der Waals surface area contributed by atoms with Gasteiger partial charge in [0.05, 0.1) is 0 Å². The van der Waals surface area contributed by atoms with Gasteiger partial charge in [0.15, 0.2) is 0 Å². The second-order valence-corrected chi connectivity index (χ2v) is 6.93. The van der Waals surface area contributed by atoms with E-state index in [9.17, 15) is 0 Å². The van der Waals surface area contributed by atoms with E-state index in [0.29, 0.717) is 6.04 Å². The zero-order valence-electron chi connectivity index (χ0n) is 12.7. The quantitative estimate of drug-likeness (QED) is 0.835. The van der Waals surface area contributed by atoms with E-state index in [4.69, 9.17) is 5.73 Å². The lowest BCUT2D eigenvalue weighted by Gasteiger charge is -2.33. The van der Waals surface area contributed by atoms with E-state index < -0.39 is 0 Å². The highest BCUT2D eigenvalue weighted by Gasteiger charge is 2.31. The van der Waals surface area contributed by atoms with Crippen LogP contribution in [0.5, 0.6) is 0 Å². The minimum atomic E-state index is 0.213. The van der Waals surface area contributed by atoms with Crippen LogP contribution in [0, 0.1) is 5.92 Å². The lowest BCUT2D eigenvalue weighted by atomic mass is 9.96. The molecule has 1 saturated heterocycles. The number of likely N-dealkylation sites (tertiary alicyclic amines) is 1. The molecule has 1 heterocycles. The normalized spacial score (nSPS) is 22.9. The third-order valence-electron chi connectivity index (χ3n) is 4.47. The minimum absolute atomic E-state index is 0.213. The fraction of sp³-hybridized carbons (Fsp3) is 0.647. The van der Waals surface area contributed by atoms with E-state index in [-0.39, 0.29) is 6.04 Å². The van der Waals surface area contributed by atoms with Crippen molar-refractivity contribution in [2.75, 3.05) is 13.1 Å². The zero-order valence-corrected chi connectivity index (χ0v) is 14.3. The van der Waals surface area contributed by atoms with Crippen LogP contribution in [-0.2, 0) is 0 Å². The molecule has 0 aliphatic carbocycles. The Morgan fingerprint density at radius 3 is 2.85 bits per heavy atom. The van der Waals surface area contributed by atoms with Crippen molar-refractivity contribution in [3.63, 3.8) is 0 Å². The summed E-state index contributed by atoms with van der Waals surface area (Å²) in [5.74, 6) is 0.860. The van der Waals surface area contributed by atoms with Crippen LogP contribution in [0.25, 0.3) is 0 Å². The molecule has 1 aliphatic heterocycles. The second-order valence-electron chi connectivity index (χ2n) is 6.01. The maximum Gasteiger partial charge on any atom is 0.0499 e. The van der Waals surface area contributed by atoms with Gasteiger partial charge >= 0.3 is 0 Å². The average Bonchev–Trinajstić information content (AvgIpc) is 2.87. The number of rotatable bonds is 6. The van der Waals surface area contributed by atoms with Gasteiger partial charge in [-0.3, -0.25) is 4.90 Å². The number of benzene rings is 1. The van der Waals surface area contributed by atoms with Crippen molar-refractivity contribution >= 4 is 15.9 Å². The van der Waals surface area contributed by atoms with Crippen LogP contribution >= 0.6 is 15.9 Å². The summed E-state index contributed by atoms with van der Waals surface area (Å²) in [6.07, 6.45) is 4.99. The fourth-order valence-electron chi connectivity index (χ4n) is 3.40. The van der Waals surface area contributed by atoms with Gasteiger partial charge in [-0.05, 0) is 49.4 Å². The molecule has 0 bridgehead atoms. The molecule has 1 aromatic rings. The Bertz CT molecular complexity index is 421. The van der Waals surface area contributed by atoms with Gasteiger partial charge in [-0.1, -0.05) is 48.3 Å². The Labute approximate surface area is 131 Å². The zero-order chi connectivity index (χ0) is 14.5. The molecule has 20 heavy (non-hydrogen) atoms. The molecule has 2 N–H and O–H groups in total. The summed E-state index contributed by atoms with van der Waals surface area (Å²) in [6, 6.07) is 9.23. The first-order chi connectivity index (χ1) is 9.65. The third kappa shape index (κ3) is 3.84. The molecule has 1 aromatic carbocycles. The SMILES string of the molecule is CCCC1CCN(C(c2cccc(Br)c2)C(N)CC)C1. The first-order valence-electron chi connectivity index (χ1n) is 7.90. The lowest BCUT2D eigenvalue weighted by molar-refractivity contribution is 0.201. The largest absolute Gasteiger partial charge is 0.326 e. The van der Waals surface area contributed by atoms with Gasteiger partial charge in [0.1, 0.15) is 0 Å². The molecule has 3 atom stereocenters. The molecule has 3 heteroatoms. The molecule has 0 aromatic heterocycles. The molecule has 0 radical (unpaired) electrons. The van der Waals surface area contributed by atoms with Crippen LogP contribution in [0.1, 0.15) is 51.1 Å². The maximum absolute atomic E-state index is 6.44. The van der Waals surface area contributed by atoms with E-state index in [1.54, 1.807) is 0 Å². The Morgan fingerprint density at radius 1 is 1.40 bits per heavy atom. The monoisotopic (exact) mass is 338 g/mol. The van der Waals surface area contributed by atoms with Crippen LogP contribution in [0.15, 0.2) is 28.7 Å². The van der Waals surface area contributed by atoms with Crippen molar-refractivity contribution in [2.24, 2.45) is 11.7 Å². The van der Waals surface area contributed by atoms with Crippen LogP contribution in [0.3, 0.4) is 0 Å². The van der Waals surface area contributed by atoms with Gasteiger partial charge in [0, 0.05) is 23.1 Å². The van der Waals surface area contributed by atoms with Crippen molar-refractivity contribution in [3.05, 3.63) is 34.3 Å². The summed E-state index contributed by atoms with van der Waals surface area (Å²) in [5.41, 5.74) is 7.79. The molecule has 0 saturated carbocycles. The topological polar surface area (TPSA) is 29.3 Å². The molecule has 1 aliphatic rings. The first-order valence-corrected chi connectivity index (χ1v) is 8.70. The summed E-state index contributed by atoms with van der Waals surface area (Å²) in [5, 5.41) is 0. The Balaban J connectivity index is 2.16. The van der Waals surface area contributed by atoms with Gasteiger partial charge < -0.3 is 5.73 Å². The van der Waals surface area contributed by atoms with Crippen LogP contribution in [0.4, 0.5) is 0 Å². The van der Waals surface area contributed by atoms with E-state index >= 15 is 0 Å². The molecular weight excluding hydrogens is 312 g/mol. The Morgan fingerprint density at radius 2 is 2.20 bits per heavy atom. The highest BCUT2D eigenvalue weighted by atomic mass is 79.9. The summed E-state index contributed by atoms with van der Waals surface area (Å²) in [7, 11) is 0. The highest BCUT2D eigenvalue weighted by Crippen LogP contribution is 2.33. The number of hydrogen-bond acceptors (Lipinski definition) is 2. The van der Waals surface area contributed by atoms with Crippen LogP contribution in [0.2, 0.25) is 0 Å². The number of nitrogens with two attached hydrogens (primary N) is 1. The summed E-state index contributed by atoms with van der Waals surface area (Å²) < 4.78 is 1.15. The van der Waals surface area contributed by atoms with Crippen molar-refractivity contribution in [1.29, 1.82) is 0 Å². The molecule has 112 valence electrons. The number of nitrogens with zero attached hydrogens (tertiary/aromatic N) is 1. The van der Waals surface area contributed by atoms with Crippen molar-refractivity contribution < 1.29 is 0 Å². The number of halogens is 1. The van der Waals surface area contributed by atoms with E-state index in [1.165, 1.54) is 37.9 Å². The summed E-state index contributed by atoms with van der Waals surface area (Å²) >= 11 is 3.59. The van der Waals surface area contributed by atoms with Gasteiger partial charge in [-0.2, -0.15) is 0 Å². The second kappa shape index (κ2) is 7.58. The third-order valence-corrected chi connectivity index (χ3v) is 4.97. The van der Waals surface area contributed by atoms with Crippen LogP contribution in [-0.4, -0.2) is 24.0 Å². The van der Waals surface area contributed by atoms with Gasteiger partial charge in [0.2, 0.25) is 0 Å². The summed E-state index contributed by atoms with van der Waals surface area (Å²) in [6.45, 7) is 6.87. The molecule has 1 fully saturated rings. The Hall–Kier alpha value is -0.380. The Kier molecular flexibility index (Phi) is 6.06. The predicted octanol–water partition coefficient (Wildman–Crippen LogP) is 4.35. The van der Waals surface area contributed by atoms with Crippen molar-refractivity contribution in [3.8, 4) is 0 Å². The molecular formula is C17H27BrN2. The van der Waals surface area contributed by atoms with E-state index in [2.05, 4.69) is 58.9 Å². The first kappa shape index (κ1) is 16.0. The molecule has 0 amide bonds. The van der Waals surface area contributed by atoms with E-state index in [1.807, 2.05) is 0 Å². The molecule has 0 spiro atoms. The van der Waals surface area contributed by atoms with Gasteiger partial charge in [-0.25, -0.2) is 0 Å². The molecule has 2 nitrogen and oxygen atoms in total. The smallest absolute Gasteiger partial charge is 0.0499 e. The fourth-order valence-corrected chi connectivity index (χ4v) is 3.82. The lowest BCUT2D eigenvalue weighted by Crippen LogP contribution is -2.39. The minimum Gasteiger partial charge on any atom is -0.326 e. The van der Waals surface area contributed by atoms with Crippen LogP contribution < -0.4 is 5.73 Å². The van der Waals surface area contributed by atoms with Gasteiger partial charge in [-0.15, -0.1) is 0 Å². The van der Waals surface area contributed by atoms with Crippen molar-refractivity contribution in [1.82, 2.24) is 4.90 Å². The highest BCUT2D eigenvalue weighted by molar-refractivity contribution is 9.10. The summed E-state index contributed by atoms with van der Waals surface area (Å²) in [4.78, 5) is 2.61. The van der Waals surface area contributed by atoms with Crippen molar-refractivity contribution in [2.45, 2.75) is 51.6 Å².